The van der Waals surface area contributed by atoms with E-state index < -0.39 is 0 Å². The van der Waals surface area contributed by atoms with Crippen molar-refractivity contribution in [2.24, 2.45) is 0 Å². The summed E-state index contributed by atoms with van der Waals surface area (Å²) in [6.07, 6.45) is 4.05. The molecule has 0 saturated heterocycles. The van der Waals surface area contributed by atoms with Gasteiger partial charge in [-0.05, 0) is 30.2 Å². The number of hydrogen-bond donors (Lipinski definition) is 1. The van der Waals surface area contributed by atoms with Crippen LogP contribution >= 0.6 is 23.2 Å². The van der Waals surface area contributed by atoms with Gasteiger partial charge in [0.2, 0.25) is 5.91 Å². The van der Waals surface area contributed by atoms with Crippen molar-refractivity contribution in [3.05, 3.63) is 52.3 Å². The SMILES string of the molecule is O=C(Cn1cccn1)NCCc1ccc(Cl)cc1Cl. The molecule has 2 rings (SSSR count). The largest absolute Gasteiger partial charge is 0.354 e. The zero-order valence-electron chi connectivity index (χ0n) is 10.1. The third-order valence-electron chi connectivity index (χ3n) is 2.60. The van der Waals surface area contributed by atoms with E-state index in [0.717, 1.165) is 5.56 Å². The zero-order valence-corrected chi connectivity index (χ0v) is 11.7. The van der Waals surface area contributed by atoms with Crippen LogP contribution in [0.4, 0.5) is 0 Å². The topological polar surface area (TPSA) is 46.9 Å². The molecule has 0 unspecified atom stereocenters. The second-order valence-electron chi connectivity index (χ2n) is 4.04. The Balaban J connectivity index is 1.78. The van der Waals surface area contributed by atoms with E-state index in [0.29, 0.717) is 23.0 Å². The molecule has 1 amide bonds. The van der Waals surface area contributed by atoms with E-state index in [1.165, 1.54) is 0 Å². The lowest BCUT2D eigenvalue weighted by Gasteiger charge is -2.07. The lowest BCUT2D eigenvalue weighted by atomic mass is 10.1. The van der Waals surface area contributed by atoms with Gasteiger partial charge < -0.3 is 5.32 Å². The van der Waals surface area contributed by atoms with Crippen LogP contribution in [0.2, 0.25) is 10.0 Å². The van der Waals surface area contributed by atoms with Crippen LogP contribution in [0.25, 0.3) is 0 Å². The summed E-state index contributed by atoms with van der Waals surface area (Å²) in [4.78, 5) is 11.6. The molecule has 1 aromatic heterocycles. The van der Waals surface area contributed by atoms with Gasteiger partial charge in [-0.25, -0.2) is 0 Å². The molecular formula is C13H13Cl2N3O. The van der Waals surface area contributed by atoms with Gasteiger partial charge in [0.1, 0.15) is 6.54 Å². The Morgan fingerprint density at radius 1 is 1.37 bits per heavy atom. The molecule has 1 heterocycles. The number of rotatable bonds is 5. The van der Waals surface area contributed by atoms with Gasteiger partial charge in [0, 0.05) is 29.0 Å². The van der Waals surface area contributed by atoms with E-state index in [2.05, 4.69) is 10.4 Å². The summed E-state index contributed by atoms with van der Waals surface area (Å²) in [6, 6.07) is 7.13. The number of nitrogens with one attached hydrogen (secondary N) is 1. The van der Waals surface area contributed by atoms with E-state index in [4.69, 9.17) is 23.2 Å². The van der Waals surface area contributed by atoms with Crippen molar-refractivity contribution in [2.45, 2.75) is 13.0 Å². The minimum Gasteiger partial charge on any atom is -0.354 e. The van der Waals surface area contributed by atoms with Gasteiger partial charge >= 0.3 is 0 Å². The lowest BCUT2D eigenvalue weighted by Crippen LogP contribution is -2.29. The summed E-state index contributed by atoms with van der Waals surface area (Å²) >= 11 is 11.9. The van der Waals surface area contributed by atoms with Crippen molar-refractivity contribution >= 4 is 29.1 Å². The van der Waals surface area contributed by atoms with Crippen LogP contribution in [0.15, 0.2) is 36.7 Å². The molecule has 6 heteroatoms. The van der Waals surface area contributed by atoms with Crippen LogP contribution in [0.5, 0.6) is 0 Å². The van der Waals surface area contributed by atoms with E-state index in [1.807, 2.05) is 6.07 Å². The molecule has 1 aromatic carbocycles. The highest BCUT2D eigenvalue weighted by Gasteiger charge is 2.04. The zero-order chi connectivity index (χ0) is 13.7. The summed E-state index contributed by atoms with van der Waals surface area (Å²) < 4.78 is 1.57. The van der Waals surface area contributed by atoms with Gasteiger partial charge in [0.25, 0.3) is 0 Å². The third-order valence-corrected chi connectivity index (χ3v) is 3.18. The molecule has 0 saturated carbocycles. The molecule has 0 radical (unpaired) electrons. The van der Waals surface area contributed by atoms with Gasteiger partial charge in [0.05, 0.1) is 0 Å². The number of benzene rings is 1. The van der Waals surface area contributed by atoms with Crippen LogP contribution in [-0.2, 0) is 17.8 Å². The van der Waals surface area contributed by atoms with Crippen molar-refractivity contribution in [1.29, 1.82) is 0 Å². The summed E-state index contributed by atoms with van der Waals surface area (Å²) in [5, 5.41) is 8.01. The second-order valence-corrected chi connectivity index (χ2v) is 4.88. The molecule has 0 aliphatic carbocycles. The Labute approximate surface area is 121 Å². The van der Waals surface area contributed by atoms with E-state index in [-0.39, 0.29) is 12.5 Å². The molecule has 0 aliphatic rings. The first-order valence-electron chi connectivity index (χ1n) is 5.83. The standard InChI is InChI=1S/C13H13Cl2N3O/c14-11-3-2-10(12(15)8-11)4-6-16-13(19)9-18-7-1-5-17-18/h1-3,5,7-8H,4,6,9H2,(H,16,19). The third kappa shape index (κ3) is 4.26. The Bertz CT molecular complexity index is 555. The van der Waals surface area contributed by atoms with Crippen LogP contribution in [0, 0.1) is 0 Å². The van der Waals surface area contributed by atoms with Gasteiger partial charge in [-0.1, -0.05) is 29.3 Å². The normalized spacial score (nSPS) is 10.4. The summed E-state index contributed by atoms with van der Waals surface area (Å²) in [7, 11) is 0. The summed E-state index contributed by atoms with van der Waals surface area (Å²) in [5.41, 5.74) is 0.963. The maximum Gasteiger partial charge on any atom is 0.241 e. The molecule has 19 heavy (non-hydrogen) atoms. The maximum absolute atomic E-state index is 11.6. The molecule has 2 aromatic rings. The fourth-order valence-corrected chi connectivity index (χ4v) is 2.16. The lowest BCUT2D eigenvalue weighted by molar-refractivity contribution is -0.121. The van der Waals surface area contributed by atoms with Crippen molar-refractivity contribution < 1.29 is 4.79 Å². The molecule has 0 aliphatic heterocycles. The van der Waals surface area contributed by atoms with Crippen molar-refractivity contribution in [3.63, 3.8) is 0 Å². The molecular weight excluding hydrogens is 285 g/mol. The van der Waals surface area contributed by atoms with E-state index in [1.54, 1.807) is 35.3 Å². The summed E-state index contributed by atoms with van der Waals surface area (Å²) in [5.74, 6) is -0.0752. The van der Waals surface area contributed by atoms with Crippen LogP contribution in [0.3, 0.4) is 0 Å². The molecule has 0 spiro atoms. The predicted molar refractivity (Wildman–Crippen MR) is 75.4 cm³/mol. The van der Waals surface area contributed by atoms with Gasteiger partial charge in [0.15, 0.2) is 0 Å². The highest BCUT2D eigenvalue weighted by molar-refractivity contribution is 6.35. The van der Waals surface area contributed by atoms with Crippen LogP contribution in [0.1, 0.15) is 5.56 Å². The number of carbonyl (C=O) groups is 1. The van der Waals surface area contributed by atoms with Crippen LogP contribution < -0.4 is 5.32 Å². The fraction of sp³-hybridized carbons (Fsp3) is 0.231. The fourth-order valence-electron chi connectivity index (χ4n) is 1.66. The molecule has 0 fully saturated rings. The Kier molecular flexibility index (Phi) is 4.82. The molecule has 100 valence electrons. The smallest absolute Gasteiger partial charge is 0.241 e. The number of aromatic nitrogens is 2. The first-order chi connectivity index (χ1) is 9.15. The molecule has 4 nitrogen and oxygen atoms in total. The van der Waals surface area contributed by atoms with Crippen molar-refractivity contribution in [1.82, 2.24) is 15.1 Å². The van der Waals surface area contributed by atoms with Crippen molar-refractivity contribution in [3.8, 4) is 0 Å². The molecule has 0 bridgehead atoms. The van der Waals surface area contributed by atoms with Crippen molar-refractivity contribution in [2.75, 3.05) is 6.54 Å². The number of hydrogen-bond acceptors (Lipinski definition) is 2. The predicted octanol–water partition coefficient (Wildman–Crippen LogP) is 2.55. The van der Waals surface area contributed by atoms with E-state index in [9.17, 15) is 4.79 Å². The number of amides is 1. The molecule has 1 N–H and O–H groups in total. The highest BCUT2D eigenvalue weighted by Crippen LogP contribution is 2.20. The maximum atomic E-state index is 11.6. The van der Waals surface area contributed by atoms with Gasteiger partial charge in [-0.15, -0.1) is 0 Å². The Hall–Kier alpha value is -1.52. The first kappa shape index (κ1) is 13.9. The minimum atomic E-state index is -0.0752. The number of nitrogens with zero attached hydrogens (tertiary/aromatic N) is 2. The summed E-state index contributed by atoms with van der Waals surface area (Å²) in [6.45, 7) is 0.753. The average molecular weight is 298 g/mol. The Morgan fingerprint density at radius 2 is 2.21 bits per heavy atom. The Morgan fingerprint density at radius 3 is 2.89 bits per heavy atom. The van der Waals surface area contributed by atoms with E-state index >= 15 is 0 Å². The van der Waals surface area contributed by atoms with Crippen LogP contribution in [-0.4, -0.2) is 22.2 Å². The molecule has 0 atom stereocenters. The van der Waals surface area contributed by atoms with Gasteiger partial charge in [-0.3, -0.25) is 9.48 Å². The second kappa shape index (κ2) is 6.59. The van der Waals surface area contributed by atoms with Gasteiger partial charge in [-0.2, -0.15) is 5.10 Å². The monoisotopic (exact) mass is 297 g/mol. The first-order valence-corrected chi connectivity index (χ1v) is 6.59. The highest BCUT2D eigenvalue weighted by atomic mass is 35.5. The minimum absolute atomic E-state index is 0.0752. The quantitative estimate of drug-likeness (QED) is 0.922. The number of carbonyl (C=O) groups excluding carboxylic acids is 1. The average Bonchev–Trinajstić information content (AvgIpc) is 2.84. The number of halogens is 2.